The highest BCUT2D eigenvalue weighted by Crippen LogP contribution is 2.28. The van der Waals surface area contributed by atoms with E-state index in [0.717, 1.165) is 25.7 Å². The summed E-state index contributed by atoms with van der Waals surface area (Å²) in [7, 11) is 0. The second-order valence-corrected chi connectivity index (χ2v) is 5.20. The molecule has 2 amide bonds. The fourth-order valence-corrected chi connectivity index (χ4v) is 2.59. The van der Waals surface area contributed by atoms with Gasteiger partial charge in [-0.25, -0.2) is 0 Å². The number of carbonyl (C=O) groups excluding carboxylic acids is 2. The predicted octanol–water partition coefficient (Wildman–Crippen LogP) is 2.08. The summed E-state index contributed by atoms with van der Waals surface area (Å²) in [5.41, 5.74) is 5.94. The van der Waals surface area contributed by atoms with Gasteiger partial charge in [-0.1, -0.05) is 37.3 Å². The van der Waals surface area contributed by atoms with Crippen LogP contribution in [0.2, 0.25) is 0 Å². The summed E-state index contributed by atoms with van der Waals surface area (Å²) in [5, 5.41) is 2.92. The molecule has 1 saturated carbocycles. The maximum Gasteiger partial charge on any atom is 0.251 e. The van der Waals surface area contributed by atoms with E-state index in [1.807, 2.05) is 13.0 Å². The van der Waals surface area contributed by atoms with Gasteiger partial charge in [0, 0.05) is 18.0 Å². The standard InChI is InChI=1S/C16H24N2O2/c1-3-6-13(7-4-2)16(20)18-11-12-8-5-9-14(10-12)15(17)19/h3-4,6-7,12,14H,1,5,8-11H2,2H3,(H2,17,19)(H,18,20). The Morgan fingerprint density at radius 1 is 1.40 bits per heavy atom. The van der Waals surface area contributed by atoms with Crippen LogP contribution in [-0.4, -0.2) is 18.4 Å². The first-order valence-corrected chi connectivity index (χ1v) is 7.11. The van der Waals surface area contributed by atoms with Crippen LogP contribution in [0.1, 0.15) is 32.6 Å². The van der Waals surface area contributed by atoms with Crippen molar-refractivity contribution in [2.45, 2.75) is 32.6 Å². The summed E-state index contributed by atoms with van der Waals surface area (Å²) in [6.07, 6.45) is 10.5. The lowest BCUT2D eigenvalue weighted by atomic mass is 9.81. The normalized spacial score (nSPS) is 23.6. The van der Waals surface area contributed by atoms with Gasteiger partial charge in [0.1, 0.15) is 0 Å². The summed E-state index contributed by atoms with van der Waals surface area (Å²) < 4.78 is 0. The highest BCUT2D eigenvalue weighted by molar-refractivity contribution is 5.96. The number of nitrogens with two attached hydrogens (primary N) is 1. The first-order chi connectivity index (χ1) is 9.58. The van der Waals surface area contributed by atoms with Gasteiger partial charge in [-0.3, -0.25) is 9.59 Å². The van der Waals surface area contributed by atoms with E-state index in [9.17, 15) is 9.59 Å². The molecule has 20 heavy (non-hydrogen) atoms. The van der Waals surface area contributed by atoms with Crippen molar-refractivity contribution in [3.63, 3.8) is 0 Å². The van der Waals surface area contributed by atoms with Gasteiger partial charge in [-0.15, -0.1) is 0 Å². The summed E-state index contributed by atoms with van der Waals surface area (Å²) >= 11 is 0. The predicted molar refractivity (Wildman–Crippen MR) is 80.7 cm³/mol. The van der Waals surface area contributed by atoms with Gasteiger partial charge in [0.2, 0.25) is 5.91 Å². The van der Waals surface area contributed by atoms with Crippen molar-refractivity contribution in [2.24, 2.45) is 17.6 Å². The molecule has 4 nitrogen and oxygen atoms in total. The third-order valence-electron chi connectivity index (χ3n) is 3.64. The zero-order chi connectivity index (χ0) is 15.0. The Labute approximate surface area is 120 Å². The molecule has 0 radical (unpaired) electrons. The Bertz CT molecular complexity index is 424. The van der Waals surface area contributed by atoms with Gasteiger partial charge in [-0.05, 0) is 32.1 Å². The van der Waals surface area contributed by atoms with Crippen LogP contribution in [0.4, 0.5) is 0 Å². The molecule has 0 spiro atoms. The smallest absolute Gasteiger partial charge is 0.251 e. The summed E-state index contributed by atoms with van der Waals surface area (Å²) in [6, 6.07) is 0. The quantitative estimate of drug-likeness (QED) is 0.576. The van der Waals surface area contributed by atoms with Gasteiger partial charge in [0.15, 0.2) is 0 Å². The molecule has 4 heteroatoms. The fraction of sp³-hybridized carbons (Fsp3) is 0.500. The molecule has 0 saturated heterocycles. The lowest BCUT2D eigenvalue weighted by Crippen LogP contribution is -2.35. The first kappa shape index (κ1) is 16.2. The number of hydrogen-bond acceptors (Lipinski definition) is 2. The Morgan fingerprint density at radius 2 is 2.15 bits per heavy atom. The molecule has 2 unspecified atom stereocenters. The van der Waals surface area contributed by atoms with Gasteiger partial charge in [-0.2, -0.15) is 0 Å². The number of amides is 2. The van der Waals surface area contributed by atoms with Gasteiger partial charge in [0.25, 0.3) is 5.91 Å². The van der Waals surface area contributed by atoms with E-state index in [2.05, 4.69) is 11.9 Å². The third-order valence-corrected chi connectivity index (χ3v) is 3.64. The topological polar surface area (TPSA) is 72.2 Å². The second-order valence-electron chi connectivity index (χ2n) is 5.20. The summed E-state index contributed by atoms with van der Waals surface area (Å²) in [5.74, 6) is -0.0310. The van der Waals surface area contributed by atoms with E-state index in [0.29, 0.717) is 18.0 Å². The van der Waals surface area contributed by atoms with Crippen LogP contribution in [-0.2, 0) is 9.59 Å². The number of rotatable bonds is 6. The minimum atomic E-state index is -0.220. The minimum Gasteiger partial charge on any atom is -0.369 e. The highest BCUT2D eigenvalue weighted by Gasteiger charge is 2.25. The Kier molecular flexibility index (Phi) is 6.77. The number of allylic oxidation sites excluding steroid dienone is 3. The Morgan fingerprint density at radius 3 is 2.75 bits per heavy atom. The molecular weight excluding hydrogens is 252 g/mol. The number of hydrogen-bond donors (Lipinski definition) is 2. The highest BCUT2D eigenvalue weighted by atomic mass is 16.2. The van der Waals surface area contributed by atoms with E-state index >= 15 is 0 Å². The maximum atomic E-state index is 12.0. The molecule has 0 aliphatic heterocycles. The molecule has 0 aromatic carbocycles. The van der Waals surface area contributed by atoms with Crippen LogP contribution in [0, 0.1) is 11.8 Å². The molecule has 3 N–H and O–H groups in total. The second kappa shape index (κ2) is 8.35. The van der Waals surface area contributed by atoms with E-state index in [1.54, 1.807) is 18.2 Å². The molecule has 0 aromatic heterocycles. The molecule has 110 valence electrons. The van der Waals surface area contributed by atoms with Crippen molar-refractivity contribution in [3.05, 3.63) is 36.5 Å². The Hall–Kier alpha value is -1.84. The van der Waals surface area contributed by atoms with Crippen LogP contribution in [0.3, 0.4) is 0 Å². The molecule has 1 aliphatic carbocycles. The van der Waals surface area contributed by atoms with E-state index in [1.165, 1.54) is 0 Å². The van der Waals surface area contributed by atoms with Crippen LogP contribution in [0.25, 0.3) is 0 Å². The van der Waals surface area contributed by atoms with Gasteiger partial charge >= 0.3 is 0 Å². The number of primary amides is 1. The molecule has 1 aliphatic rings. The van der Waals surface area contributed by atoms with Crippen LogP contribution >= 0.6 is 0 Å². The molecule has 2 atom stereocenters. The monoisotopic (exact) mass is 276 g/mol. The summed E-state index contributed by atoms with van der Waals surface area (Å²) in [6.45, 7) is 6.06. The number of nitrogens with one attached hydrogen (secondary N) is 1. The average Bonchev–Trinajstić information content (AvgIpc) is 2.45. The summed E-state index contributed by atoms with van der Waals surface area (Å²) in [4.78, 5) is 23.2. The number of carbonyl (C=O) groups is 2. The molecule has 0 aromatic rings. The van der Waals surface area contributed by atoms with Crippen LogP contribution in [0.15, 0.2) is 36.5 Å². The van der Waals surface area contributed by atoms with Crippen LogP contribution in [0.5, 0.6) is 0 Å². The van der Waals surface area contributed by atoms with Crippen molar-refractivity contribution < 1.29 is 9.59 Å². The van der Waals surface area contributed by atoms with E-state index in [-0.39, 0.29) is 17.7 Å². The largest absolute Gasteiger partial charge is 0.369 e. The SMILES string of the molecule is C=CC=C(C=CC)C(=O)NCC1CCCC(C(N)=O)C1. The molecule has 1 rings (SSSR count). The first-order valence-electron chi connectivity index (χ1n) is 7.11. The van der Waals surface area contributed by atoms with Crippen molar-refractivity contribution in [2.75, 3.05) is 6.54 Å². The van der Waals surface area contributed by atoms with Crippen molar-refractivity contribution >= 4 is 11.8 Å². The molecule has 1 fully saturated rings. The van der Waals surface area contributed by atoms with E-state index < -0.39 is 0 Å². The lowest BCUT2D eigenvalue weighted by molar-refractivity contribution is -0.123. The lowest BCUT2D eigenvalue weighted by Gasteiger charge is -2.27. The van der Waals surface area contributed by atoms with Crippen LogP contribution < -0.4 is 11.1 Å². The van der Waals surface area contributed by atoms with Crippen molar-refractivity contribution in [3.8, 4) is 0 Å². The molecule has 0 heterocycles. The molecular formula is C16H24N2O2. The van der Waals surface area contributed by atoms with Gasteiger partial charge < -0.3 is 11.1 Å². The fourth-order valence-electron chi connectivity index (χ4n) is 2.59. The third kappa shape index (κ3) is 5.03. The average molecular weight is 276 g/mol. The van der Waals surface area contributed by atoms with Gasteiger partial charge in [0.05, 0.1) is 0 Å². The van der Waals surface area contributed by atoms with Crippen molar-refractivity contribution in [1.82, 2.24) is 5.32 Å². The zero-order valence-corrected chi connectivity index (χ0v) is 12.1. The van der Waals surface area contributed by atoms with Crippen molar-refractivity contribution in [1.29, 1.82) is 0 Å². The minimum absolute atomic E-state index is 0.0376. The van der Waals surface area contributed by atoms with E-state index in [4.69, 9.17) is 5.73 Å². The Balaban J connectivity index is 2.49. The maximum absolute atomic E-state index is 12.0. The molecule has 0 bridgehead atoms. The zero-order valence-electron chi connectivity index (χ0n) is 12.1.